The predicted octanol–water partition coefficient (Wildman–Crippen LogP) is 4.54. The Morgan fingerprint density at radius 1 is 0.875 bits per heavy atom. The molecule has 0 unspecified atom stereocenters. The van der Waals surface area contributed by atoms with Crippen molar-refractivity contribution in [2.75, 3.05) is 0 Å². The van der Waals surface area contributed by atoms with Crippen LogP contribution in [-0.4, -0.2) is 15.5 Å². The van der Waals surface area contributed by atoms with Crippen LogP contribution in [-0.2, 0) is 0 Å². The lowest BCUT2D eigenvalue weighted by molar-refractivity contribution is 1.43. The zero-order chi connectivity index (χ0) is 12.0. The van der Waals surface area contributed by atoms with Gasteiger partial charge >= 0.3 is 0 Å². The van der Waals surface area contributed by atoms with Crippen LogP contribution < -0.4 is 0 Å². The number of thiocarbonyl (C=S) groups is 3. The van der Waals surface area contributed by atoms with Crippen LogP contribution in [0.5, 0.6) is 0 Å². The maximum Gasteiger partial charge on any atom is 0.128 e. The first-order chi connectivity index (χ1) is 7.74. The minimum absolute atomic E-state index is 0.334. The molecule has 0 atom stereocenters. The van der Waals surface area contributed by atoms with E-state index in [0.717, 1.165) is 0 Å². The number of nitrogens with zero attached hydrogens (tertiary/aromatic N) is 3. The Kier molecular flexibility index (Phi) is 5.26. The summed E-state index contributed by atoms with van der Waals surface area (Å²) in [6.07, 6.45) is 0. The van der Waals surface area contributed by atoms with Crippen molar-refractivity contribution >= 4 is 80.8 Å². The molecular formula is C9H2ClN3S3. The zero-order valence-electron chi connectivity index (χ0n) is 7.60. The molecule has 1 rings (SSSR count). The maximum atomic E-state index is 5.93. The minimum atomic E-state index is 0.334. The van der Waals surface area contributed by atoms with Crippen LogP contribution in [0.2, 0.25) is 5.02 Å². The molecule has 0 heterocycles. The van der Waals surface area contributed by atoms with E-state index in [-0.39, 0.29) is 0 Å². The van der Waals surface area contributed by atoms with Crippen molar-refractivity contribution in [1.29, 1.82) is 0 Å². The zero-order valence-corrected chi connectivity index (χ0v) is 10.8. The maximum absolute atomic E-state index is 5.93. The van der Waals surface area contributed by atoms with Crippen molar-refractivity contribution < 1.29 is 0 Å². The molecule has 0 saturated carbocycles. The number of aliphatic imine (C=N–C) groups is 3. The molecule has 0 bridgehead atoms. The summed E-state index contributed by atoms with van der Waals surface area (Å²) >= 11 is 19.5. The van der Waals surface area contributed by atoms with Gasteiger partial charge in [-0.15, -0.1) is 0 Å². The Hall–Kier alpha value is -1.09. The third-order valence-electron chi connectivity index (χ3n) is 1.56. The van der Waals surface area contributed by atoms with E-state index >= 15 is 0 Å². The summed E-state index contributed by atoms with van der Waals surface area (Å²) in [4.78, 5) is 11.4. The molecule has 16 heavy (non-hydrogen) atoms. The molecule has 0 fully saturated rings. The molecule has 0 N–H and O–H groups in total. The van der Waals surface area contributed by atoms with E-state index in [4.69, 9.17) is 11.6 Å². The minimum Gasteiger partial charge on any atom is -0.192 e. The quantitative estimate of drug-likeness (QED) is 0.603. The predicted molar refractivity (Wildman–Crippen MR) is 75.5 cm³/mol. The van der Waals surface area contributed by atoms with Gasteiger partial charge in [0, 0.05) is 0 Å². The van der Waals surface area contributed by atoms with E-state index < -0.39 is 0 Å². The standard InChI is InChI=1S/C9H2ClN3S3/c10-6-1-2-7(11-3-14)9(13-5-16)8(6)12-4-15/h1-2H. The number of isothiocyanates is 3. The average Bonchev–Trinajstić information content (AvgIpc) is 2.27. The van der Waals surface area contributed by atoms with E-state index in [0.29, 0.717) is 22.1 Å². The molecule has 0 aliphatic heterocycles. The highest BCUT2D eigenvalue weighted by molar-refractivity contribution is 7.78. The van der Waals surface area contributed by atoms with Crippen LogP contribution in [0, 0.1) is 0 Å². The fraction of sp³-hybridized carbons (Fsp3) is 0. The van der Waals surface area contributed by atoms with Gasteiger partial charge in [0.15, 0.2) is 0 Å². The van der Waals surface area contributed by atoms with Crippen molar-refractivity contribution in [3.8, 4) is 0 Å². The fourth-order valence-corrected chi connectivity index (χ4v) is 1.47. The van der Waals surface area contributed by atoms with Crippen molar-refractivity contribution in [2.45, 2.75) is 0 Å². The second-order valence-electron chi connectivity index (χ2n) is 2.37. The van der Waals surface area contributed by atoms with Crippen LogP contribution in [0.15, 0.2) is 27.1 Å². The number of benzene rings is 1. The third kappa shape index (κ3) is 2.95. The first-order valence-corrected chi connectivity index (χ1v) is 5.41. The molecule has 0 radical (unpaired) electrons. The molecule has 0 aliphatic carbocycles. The molecule has 3 nitrogen and oxygen atoms in total. The van der Waals surface area contributed by atoms with E-state index in [9.17, 15) is 0 Å². The molecule has 7 heteroatoms. The number of hydrogen-bond donors (Lipinski definition) is 0. The van der Waals surface area contributed by atoms with Gasteiger partial charge in [-0.2, -0.15) is 15.0 Å². The summed E-state index contributed by atoms with van der Waals surface area (Å²) in [6, 6.07) is 3.22. The largest absolute Gasteiger partial charge is 0.192 e. The molecule has 1 aromatic carbocycles. The fourth-order valence-electron chi connectivity index (χ4n) is 0.992. The van der Waals surface area contributed by atoms with Gasteiger partial charge in [0.1, 0.15) is 17.1 Å². The van der Waals surface area contributed by atoms with Gasteiger partial charge < -0.3 is 0 Å². The van der Waals surface area contributed by atoms with Crippen molar-refractivity contribution in [3.05, 3.63) is 17.2 Å². The molecule has 78 valence electrons. The summed E-state index contributed by atoms with van der Waals surface area (Å²) in [5.41, 5.74) is 1.12. The monoisotopic (exact) mass is 283 g/mol. The van der Waals surface area contributed by atoms with Crippen LogP contribution >= 0.6 is 48.3 Å². The van der Waals surface area contributed by atoms with E-state index in [2.05, 4.69) is 67.1 Å². The molecular weight excluding hydrogens is 282 g/mol. The van der Waals surface area contributed by atoms with Crippen molar-refractivity contribution in [2.24, 2.45) is 15.0 Å². The van der Waals surface area contributed by atoms with E-state index in [1.165, 1.54) is 0 Å². The van der Waals surface area contributed by atoms with Gasteiger partial charge in [-0.3, -0.25) is 0 Å². The summed E-state index contributed by atoms with van der Waals surface area (Å²) in [5.74, 6) is 0. The van der Waals surface area contributed by atoms with Gasteiger partial charge in [0.25, 0.3) is 0 Å². The van der Waals surface area contributed by atoms with Crippen molar-refractivity contribution in [3.63, 3.8) is 0 Å². The smallest absolute Gasteiger partial charge is 0.128 e. The van der Waals surface area contributed by atoms with E-state index in [1.807, 2.05) is 0 Å². The number of halogens is 1. The second-order valence-corrected chi connectivity index (χ2v) is 3.33. The average molecular weight is 284 g/mol. The highest BCUT2D eigenvalue weighted by atomic mass is 35.5. The first kappa shape index (κ1) is 13.0. The molecule has 1 aromatic rings. The Bertz CT molecular complexity index is 566. The molecule has 0 aromatic heterocycles. The van der Waals surface area contributed by atoms with Gasteiger partial charge in [0.2, 0.25) is 0 Å². The normalized spacial score (nSPS) is 8.31. The van der Waals surface area contributed by atoms with Gasteiger partial charge in [0.05, 0.1) is 20.5 Å². The van der Waals surface area contributed by atoms with Gasteiger partial charge in [-0.25, -0.2) is 0 Å². The summed E-state index contributed by atoms with van der Waals surface area (Å²) < 4.78 is 0. The Morgan fingerprint density at radius 3 is 2.00 bits per heavy atom. The second kappa shape index (κ2) is 6.48. The first-order valence-electron chi connectivity index (χ1n) is 3.80. The summed E-state index contributed by atoms with van der Waals surface area (Å²) in [6.45, 7) is 0. The van der Waals surface area contributed by atoms with Crippen LogP contribution in [0.4, 0.5) is 17.1 Å². The lowest BCUT2D eigenvalue weighted by Gasteiger charge is -2.02. The van der Waals surface area contributed by atoms with Crippen LogP contribution in [0.25, 0.3) is 0 Å². The van der Waals surface area contributed by atoms with Crippen LogP contribution in [0.3, 0.4) is 0 Å². The Labute approximate surface area is 113 Å². The Morgan fingerprint density at radius 2 is 1.44 bits per heavy atom. The Balaban J connectivity index is 3.67. The van der Waals surface area contributed by atoms with E-state index in [1.54, 1.807) is 12.1 Å². The number of hydrogen-bond acceptors (Lipinski definition) is 6. The lowest BCUT2D eigenvalue weighted by atomic mass is 10.2. The molecule has 0 saturated heterocycles. The SMILES string of the molecule is S=C=Nc1ccc(Cl)c(N=C=S)c1N=C=S. The highest BCUT2D eigenvalue weighted by Gasteiger charge is 2.10. The van der Waals surface area contributed by atoms with Crippen molar-refractivity contribution in [1.82, 2.24) is 0 Å². The van der Waals surface area contributed by atoms with Gasteiger partial charge in [-0.1, -0.05) is 11.6 Å². The highest BCUT2D eigenvalue weighted by Crippen LogP contribution is 2.42. The number of rotatable bonds is 3. The molecule has 0 amide bonds. The van der Waals surface area contributed by atoms with Gasteiger partial charge in [-0.05, 0) is 48.8 Å². The molecule has 0 aliphatic rings. The summed E-state index contributed by atoms with van der Waals surface area (Å²) in [5, 5.41) is 7.01. The molecule has 0 spiro atoms. The third-order valence-corrected chi connectivity index (χ3v) is 2.14. The lowest BCUT2D eigenvalue weighted by Crippen LogP contribution is -1.73. The van der Waals surface area contributed by atoms with Crippen LogP contribution in [0.1, 0.15) is 0 Å². The summed E-state index contributed by atoms with van der Waals surface area (Å²) in [7, 11) is 0. The topological polar surface area (TPSA) is 37.1 Å².